The Morgan fingerprint density at radius 2 is 1.73 bits per heavy atom. The van der Waals surface area contributed by atoms with Crippen molar-refractivity contribution in [1.82, 2.24) is 9.88 Å². The number of pyridine rings is 1. The Bertz CT molecular complexity index is 1070. The van der Waals surface area contributed by atoms with E-state index in [-0.39, 0.29) is 47.3 Å². The predicted molar refractivity (Wildman–Crippen MR) is 85.9 cm³/mol. The molecule has 2 amide bonds. The summed E-state index contributed by atoms with van der Waals surface area (Å²) < 4.78 is 11.5. The van der Waals surface area contributed by atoms with Crippen LogP contribution in [0.25, 0.3) is 5.69 Å². The summed E-state index contributed by atoms with van der Waals surface area (Å²) in [5.74, 6) is -1.55. The van der Waals surface area contributed by atoms with Crippen molar-refractivity contribution < 1.29 is 24.0 Å². The molecule has 11 heteroatoms. The molecular weight excluding hydrogens is 348 g/mol. The summed E-state index contributed by atoms with van der Waals surface area (Å²) in [4.78, 5) is 46.9. The van der Waals surface area contributed by atoms with Crippen LogP contribution < -0.4 is 26.1 Å². The highest BCUT2D eigenvalue weighted by Gasteiger charge is 2.33. The number of nitrogens with two attached hydrogens (primary N) is 1. The minimum atomic E-state index is -0.800. The molecule has 0 saturated heterocycles. The van der Waals surface area contributed by atoms with Crippen molar-refractivity contribution >= 4 is 23.3 Å². The van der Waals surface area contributed by atoms with Crippen molar-refractivity contribution in [3.05, 3.63) is 49.8 Å². The lowest BCUT2D eigenvalue weighted by molar-refractivity contribution is -0.384. The van der Waals surface area contributed by atoms with E-state index in [2.05, 4.69) is 0 Å². The highest BCUT2D eigenvalue weighted by molar-refractivity contribution is 6.23. The molecule has 0 fully saturated rings. The van der Waals surface area contributed by atoms with Gasteiger partial charge >= 0.3 is 0 Å². The van der Waals surface area contributed by atoms with Gasteiger partial charge in [0.05, 0.1) is 22.1 Å². The zero-order valence-electron chi connectivity index (χ0n) is 13.0. The summed E-state index contributed by atoms with van der Waals surface area (Å²) >= 11 is 0. The van der Waals surface area contributed by atoms with Crippen LogP contribution in [0, 0.1) is 10.1 Å². The average Bonchev–Trinajstić information content (AvgIpc) is 2.88. The number of nitro groups is 1. The Morgan fingerprint density at radius 1 is 1.08 bits per heavy atom. The summed E-state index contributed by atoms with van der Waals surface area (Å²) in [6.07, 6.45) is 0. The topological polar surface area (TPSA) is 156 Å². The van der Waals surface area contributed by atoms with Crippen LogP contribution in [0.3, 0.4) is 0 Å². The van der Waals surface area contributed by atoms with Gasteiger partial charge in [-0.3, -0.25) is 34.4 Å². The molecule has 11 nitrogen and oxygen atoms in total. The van der Waals surface area contributed by atoms with E-state index in [1.54, 1.807) is 0 Å². The maximum atomic E-state index is 12.5. The fourth-order valence-corrected chi connectivity index (χ4v) is 2.92. The van der Waals surface area contributed by atoms with Crippen LogP contribution in [0.15, 0.2) is 23.0 Å². The SMILES string of the molecule is Nc1c2c(cc(=O)n1-c1cc3c(cc1[N+](=O)[O-])OCCO3)C(=O)NC2=O. The Hall–Kier alpha value is -3.89. The van der Waals surface area contributed by atoms with E-state index in [9.17, 15) is 24.5 Å². The van der Waals surface area contributed by atoms with E-state index in [1.807, 2.05) is 5.32 Å². The van der Waals surface area contributed by atoms with Gasteiger partial charge in [0.25, 0.3) is 23.1 Å². The van der Waals surface area contributed by atoms with Crippen LogP contribution >= 0.6 is 0 Å². The molecule has 4 rings (SSSR count). The molecule has 0 saturated carbocycles. The first-order valence-corrected chi connectivity index (χ1v) is 7.38. The van der Waals surface area contributed by atoms with Crippen LogP contribution in [-0.4, -0.2) is 34.5 Å². The lowest BCUT2D eigenvalue weighted by Gasteiger charge is -2.20. The van der Waals surface area contributed by atoms with Gasteiger partial charge in [0.2, 0.25) is 0 Å². The van der Waals surface area contributed by atoms with Gasteiger partial charge in [-0.15, -0.1) is 0 Å². The van der Waals surface area contributed by atoms with Gasteiger partial charge in [0.15, 0.2) is 11.5 Å². The van der Waals surface area contributed by atoms with E-state index < -0.39 is 28.0 Å². The first-order chi connectivity index (χ1) is 12.4. The molecule has 2 aromatic rings. The molecule has 2 aliphatic rings. The second-order valence-corrected chi connectivity index (χ2v) is 5.52. The minimum absolute atomic E-state index is 0.160. The summed E-state index contributed by atoms with van der Waals surface area (Å²) in [6.45, 7) is 0.461. The Labute approximate surface area is 144 Å². The molecule has 2 aliphatic heterocycles. The number of ether oxygens (including phenoxy) is 2. The second kappa shape index (κ2) is 5.31. The molecule has 0 aliphatic carbocycles. The van der Waals surface area contributed by atoms with E-state index in [4.69, 9.17) is 15.2 Å². The summed E-state index contributed by atoms with van der Waals surface area (Å²) in [7, 11) is 0. The third kappa shape index (κ3) is 2.10. The smallest absolute Gasteiger partial charge is 0.297 e. The van der Waals surface area contributed by atoms with Gasteiger partial charge in [-0.2, -0.15) is 0 Å². The Balaban J connectivity index is 2.04. The largest absolute Gasteiger partial charge is 0.486 e. The summed E-state index contributed by atoms with van der Waals surface area (Å²) in [5, 5.41) is 13.5. The quantitative estimate of drug-likeness (QED) is 0.431. The van der Waals surface area contributed by atoms with Crippen LogP contribution in [0.5, 0.6) is 11.5 Å². The molecule has 0 unspecified atom stereocenters. The molecule has 0 atom stereocenters. The van der Waals surface area contributed by atoms with E-state index in [1.165, 1.54) is 6.07 Å². The second-order valence-electron chi connectivity index (χ2n) is 5.52. The number of nitrogens with zero attached hydrogens (tertiary/aromatic N) is 2. The van der Waals surface area contributed by atoms with Crippen molar-refractivity contribution in [3.63, 3.8) is 0 Å². The Kier molecular flexibility index (Phi) is 3.19. The van der Waals surface area contributed by atoms with E-state index in [0.717, 1.165) is 16.7 Å². The number of amides is 2. The van der Waals surface area contributed by atoms with Crippen molar-refractivity contribution in [2.24, 2.45) is 0 Å². The first kappa shape index (κ1) is 15.6. The average molecular weight is 358 g/mol. The standard InChI is InChI=1S/C15H10N4O7/c16-13-12-6(14(21)17-15(12)22)3-11(20)18(13)7-4-9-10(26-2-1-25-9)5-8(7)19(23)24/h3-5H,1-2,16H2,(H,17,21,22). The van der Waals surface area contributed by atoms with Crippen molar-refractivity contribution in [3.8, 4) is 17.2 Å². The van der Waals surface area contributed by atoms with E-state index >= 15 is 0 Å². The third-order valence-electron chi connectivity index (χ3n) is 4.03. The number of anilines is 1. The number of nitrogen functional groups attached to an aromatic ring is 1. The summed E-state index contributed by atoms with van der Waals surface area (Å²) in [5.41, 5.74) is 4.08. The lowest BCUT2D eigenvalue weighted by atomic mass is 10.1. The molecule has 132 valence electrons. The number of aromatic nitrogens is 1. The van der Waals surface area contributed by atoms with Gasteiger partial charge in [0, 0.05) is 12.1 Å². The molecule has 3 N–H and O–H groups in total. The van der Waals surface area contributed by atoms with Gasteiger partial charge in [-0.1, -0.05) is 0 Å². The molecule has 0 spiro atoms. The normalized spacial score (nSPS) is 14.8. The van der Waals surface area contributed by atoms with Crippen LogP contribution in [0.4, 0.5) is 11.5 Å². The number of hydrogen-bond acceptors (Lipinski definition) is 8. The third-order valence-corrected chi connectivity index (χ3v) is 4.03. The molecule has 0 radical (unpaired) electrons. The fraction of sp³-hybridized carbons (Fsp3) is 0.133. The van der Waals surface area contributed by atoms with Crippen molar-refractivity contribution in [1.29, 1.82) is 0 Å². The monoisotopic (exact) mass is 358 g/mol. The number of fused-ring (bicyclic) bond motifs is 2. The molecule has 1 aromatic heterocycles. The van der Waals surface area contributed by atoms with Gasteiger partial charge in [-0.05, 0) is 0 Å². The number of imide groups is 1. The Morgan fingerprint density at radius 3 is 2.38 bits per heavy atom. The number of benzene rings is 1. The highest BCUT2D eigenvalue weighted by Crippen LogP contribution is 2.39. The van der Waals surface area contributed by atoms with E-state index in [0.29, 0.717) is 0 Å². The van der Waals surface area contributed by atoms with Crippen molar-refractivity contribution in [2.75, 3.05) is 18.9 Å². The van der Waals surface area contributed by atoms with Crippen LogP contribution in [0.1, 0.15) is 20.7 Å². The number of nitrogens with one attached hydrogen (secondary N) is 1. The fourth-order valence-electron chi connectivity index (χ4n) is 2.92. The van der Waals surface area contributed by atoms with Crippen molar-refractivity contribution in [2.45, 2.75) is 0 Å². The highest BCUT2D eigenvalue weighted by atomic mass is 16.6. The molecule has 0 bridgehead atoms. The zero-order chi connectivity index (χ0) is 18.6. The van der Waals surface area contributed by atoms with Crippen LogP contribution in [0.2, 0.25) is 0 Å². The number of carbonyl (C=O) groups excluding carboxylic acids is 2. The first-order valence-electron chi connectivity index (χ1n) is 7.38. The van der Waals surface area contributed by atoms with Crippen LogP contribution in [-0.2, 0) is 0 Å². The maximum absolute atomic E-state index is 12.5. The summed E-state index contributed by atoms with van der Waals surface area (Å²) in [6, 6.07) is 3.27. The number of rotatable bonds is 2. The molecule has 3 heterocycles. The number of hydrogen-bond donors (Lipinski definition) is 2. The lowest BCUT2D eigenvalue weighted by Crippen LogP contribution is -2.25. The van der Waals surface area contributed by atoms with Gasteiger partial charge in [-0.25, -0.2) is 0 Å². The molecule has 1 aromatic carbocycles. The van der Waals surface area contributed by atoms with Gasteiger partial charge < -0.3 is 15.2 Å². The predicted octanol–water partition coefficient (Wildman–Crippen LogP) is -0.0173. The van der Waals surface area contributed by atoms with Gasteiger partial charge in [0.1, 0.15) is 24.7 Å². The zero-order valence-corrected chi connectivity index (χ0v) is 13.0. The number of nitro benzene ring substituents is 1. The molecule has 26 heavy (non-hydrogen) atoms. The minimum Gasteiger partial charge on any atom is -0.486 e. The number of carbonyl (C=O) groups is 2. The maximum Gasteiger partial charge on any atom is 0.297 e. The molecular formula is C15H10N4O7.